The van der Waals surface area contributed by atoms with Gasteiger partial charge in [0.05, 0.1) is 15.9 Å². The van der Waals surface area contributed by atoms with Gasteiger partial charge in [-0.05, 0) is 29.8 Å². The van der Waals surface area contributed by atoms with Gasteiger partial charge in [-0.1, -0.05) is 13.8 Å². The molecule has 0 radical (unpaired) electrons. The first-order valence-corrected chi connectivity index (χ1v) is 6.81. The second kappa shape index (κ2) is 5.26. The second-order valence-corrected chi connectivity index (χ2v) is 5.46. The minimum atomic E-state index is 0.215. The molecular formula is C12H17BrN6. The molecule has 0 bridgehead atoms. The molecule has 0 aliphatic rings. The highest BCUT2D eigenvalue weighted by Gasteiger charge is 2.14. The zero-order valence-corrected chi connectivity index (χ0v) is 13.0. The first kappa shape index (κ1) is 14.0. The molecule has 2 aromatic rings. The Kier molecular flexibility index (Phi) is 3.86. The number of aryl methyl sites for hydroxylation is 1. The van der Waals surface area contributed by atoms with Gasteiger partial charge in [0.1, 0.15) is 11.6 Å². The number of nitrogens with one attached hydrogen (secondary N) is 1. The average molecular weight is 325 g/mol. The zero-order valence-electron chi connectivity index (χ0n) is 11.4. The number of nitrogens with zero attached hydrogens (tertiary/aromatic N) is 4. The van der Waals surface area contributed by atoms with E-state index in [9.17, 15) is 0 Å². The minimum Gasteiger partial charge on any atom is -0.308 e. The molecule has 0 spiro atoms. The number of aromatic nitrogens is 4. The van der Waals surface area contributed by atoms with Gasteiger partial charge in [-0.25, -0.2) is 20.5 Å². The van der Waals surface area contributed by atoms with Gasteiger partial charge in [-0.3, -0.25) is 0 Å². The molecule has 2 heterocycles. The van der Waals surface area contributed by atoms with Crippen LogP contribution in [0.1, 0.15) is 37.0 Å². The summed E-state index contributed by atoms with van der Waals surface area (Å²) in [5, 5.41) is 4.47. The summed E-state index contributed by atoms with van der Waals surface area (Å²) in [5.41, 5.74) is 4.48. The van der Waals surface area contributed by atoms with Crippen molar-refractivity contribution in [3.63, 3.8) is 0 Å². The normalized spacial score (nSPS) is 11.1. The van der Waals surface area contributed by atoms with Crippen LogP contribution in [-0.4, -0.2) is 19.7 Å². The predicted molar refractivity (Wildman–Crippen MR) is 78.2 cm³/mol. The van der Waals surface area contributed by atoms with Crippen molar-refractivity contribution in [3.8, 4) is 5.82 Å². The van der Waals surface area contributed by atoms with Crippen LogP contribution in [-0.2, 0) is 0 Å². The number of anilines is 1. The van der Waals surface area contributed by atoms with E-state index in [1.54, 1.807) is 10.7 Å². The van der Waals surface area contributed by atoms with Crippen LogP contribution in [0, 0.1) is 13.8 Å². The summed E-state index contributed by atoms with van der Waals surface area (Å²) in [6.45, 7) is 8.00. The molecule has 19 heavy (non-hydrogen) atoms. The van der Waals surface area contributed by atoms with Crippen LogP contribution in [0.5, 0.6) is 0 Å². The largest absolute Gasteiger partial charge is 0.308 e. The van der Waals surface area contributed by atoms with Gasteiger partial charge < -0.3 is 5.43 Å². The van der Waals surface area contributed by atoms with Crippen molar-refractivity contribution in [2.45, 2.75) is 33.6 Å². The third kappa shape index (κ3) is 2.62. The molecule has 102 valence electrons. The summed E-state index contributed by atoms with van der Waals surface area (Å²) in [7, 11) is 0. The number of hydrogen-bond acceptors (Lipinski definition) is 5. The Morgan fingerprint density at radius 2 is 2.00 bits per heavy atom. The molecule has 2 rings (SSSR count). The third-order valence-electron chi connectivity index (χ3n) is 2.81. The smallest absolute Gasteiger partial charge is 0.159 e. The van der Waals surface area contributed by atoms with Crippen molar-refractivity contribution in [2.24, 2.45) is 5.84 Å². The lowest BCUT2D eigenvalue weighted by Gasteiger charge is -2.10. The molecule has 0 saturated carbocycles. The van der Waals surface area contributed by atoms with Crippen molar-refractivity contribution in [1.29, 1.82) is 0 Å². The van der Waals surface area contributed by atoms with E-state index in [2.05, 4.69) is 36.4 Å². The van der Waals surface area contributed by atoms with E-state index in [1.165, 1.54) is 0 Å². The molecule has 7 heteroatoms. The number of nitrogen functional groups attached to an aromatic ring is 1. The van der Waals surface area contributed by atoms with E-state index < -0.39 is 0 Å². The first-order chi connectivity index (χ1) is 8.93. The van der Waals surface area contributed by atoms with Crippen molar-refractivity contribution in [3.05, 3.63) is 27.8 Å². The van der Waals surface area contributed by atoms with Gasteiger partial charge in [0, 0.05) is 12.0 Å². The first-order valence-electron chi connectivity index (χ1n) is 6.01. The lowest BCUT2D eigenvalue weighted by atomic mass is 10.2. The standard InChI is InChI=1S/C12H17BrN6/c1-6(2)12-15-9(17-14)5-10(16-12)19-8(4)11(13)7(3)18-19/h5-6H,14H2,1-4H3,(H,15,16,17). The summed E-state index contributed by atoms with van der Waals surface area (Å²) >= 11 is 3.51. The number of hydrazine groups is 1. The second-order valence-electron chi connectivity index (χ2n) is 4.67. The topological polar surface area (TPSA) is 81.7 Å². The third-order valence-corrected chi connectivity index (χ3v) is 3.96. The van der Waals surface area contributed by atoms with Gasteiger partial charge in [0.25, 0.3) is 0 Å². The van der Waals surface area contributed by atoms with Crippen LogP contribution in [0.3, 0.4) is 0 Å². The Balaban J connectivity index is 2.61. The summed E-state index contributed by atoms with van der Waals surface area (Å²) in [6, 6.07) is 1.78. The fraction of sp³-hybridized carbons (Fsp3) is 0.417. The van der Waals surface area contributed by atoms with Crippen molar-refractivity contribution in [1.82, 2.24) is 19.7 Å². The molecule has 0 amide bonds. The highest BCUT2D eigenvalue weighted by atomic mass is 79.9. The fourth-order valence-electron chi connectivity index (χ4n) is 1.74. The number of halogens is 1. The van der Waals surface area contributed by atoms with E-state index in [0.717, 1.165) is 21.7 Å². The predicted octanol–water partition coefficient (Wildman–Crippen LogP) is 2.45. The molecule has 3 N–H and O–H groups in total. The molecule has 6 nitrogen and oxygen atoms in total. The minimum absolute atomic E-state index is 0.215. The molecule has 0 aromatic carbocycles. The SMILES string of the molecule is Cc1nn(-c2cc(NN)nc(C(C)C)n2)c(C)c1Br. The van der Waals surface area contributed by atoms with Gasteiger partial charge in [-0.15, -0.1) is 0 Å². The van der Waals surface area contributed by atoms with Gasteiger partial charge in [-0.2, -0.15) is 5.10 Å². The Labute approximate surface area is 120 Å². The van der Waals surface area contributed by atoms with Crippen molar-refractivity contribution < 1.29 is 0 Å². The molecular weight excluding hydrogens is 308 g/mol. The lowest BCUT2D eigenvalue weighted by Crippen LogP contribution is -2.13. The molecule has 0 aliphatic carbocycles. The maximum absolute atomic E-state index is 5.46. The Morgan fingerprint density at radius 1 is 1.32 bits per heavy atom. The highest BCUT2D eigenvalue weighted by Crippen LogP contribution is 2.23. The zero-order chi connectivity index (χ0) is 14.2. The Hall–Kier alpha value is -1.47. The van der Waals surface area contributed by atoms with Gasteiger partial charge >= 0.3 is 0 Å². The van der Waals surface area contributed by atoms with Crippen LogP contribution in [0.25, 0.3) is 5.82 Å². The summed E-state index contributed by atoms with van der Waals surface area (Å²) in [4.78, 5) is 8.88. The molecule has 0 saturated heterocycles. The number of hydrogen-bond donors (Lipinski definition) is 2. The Bertz CT molecular complexity index is 605. The maximum atomic E-state index is 5.46. The van der Waals surface area contributed by atoms with Crippen molar-refractivity contribution in [2.75, 3.05) is 5.43 Å². The molecule has 0 atom stereocenters. The van der Waals surface area contributed by atoms with Crippen LogP contribution in [0.4, 0.5) is 5.82 Å². The summed E-state index contributed by atoms with van der Waals surface area (Å²) in [6.07, 6.45) is 0. The quantitative estimate of drug-likeness (QED) is 0.669. The van der Waals surface area contributed by atoms with E-state index >= 15 is 0 Å². The van der Waals surface area contributed by atoms with E-state index in [-0.39, 0.29) is 5.92 Å². The van der Waals surface area contributed by atoms with Gasteiger partial charge in [0.2, 0.25) is 0 Å². The summed E-state index contributed by atoms with van der Waals surface area (Å²) < 4.78 is 2.77. The van der Waals surface area contributed by atoms with Gasteiger partial charge in [0.15, 0.2) is 5.82 Å². The number of rotatable bonds is 3. The lowest BCUT2D eigenvalue weighted by molar-refractivity contribution is 0.736. The van der Waals surface area contributed by atoms with Crippen LogP contribution in [0.2, 0.25) is 0 Å². The monoisotopic (exact) mass is 324 g/mol. The average Bonchev–Trinajstić information content (AvgIpc) is 2.66. The number of nitrogens with two attached hydrogens (primary N) is 1. The van der Waals surface area contributed by atoms with Crippen LogP contribution in [0.15, 0.2) is 10.5 Å². The van der Waals surface area contributed by atoms with E-state index in [0.29, 0.717) is 11.6 Å². The summed E-state index contributed by atoms with van der Waals surface area (Å²) in [5.74, 6) is 7.69. The molecule has 0 fully saturated rings. The molecule has 2 aromatic heterocycles. The van der Waals surface area contributed by atoms with E-state index in [1.807, 2.05) is 27.7 Å². The van der Waals surface area contributed by atoms with Crippen molar-refractivity contribution >= 4 is 21.7 Å². The molecule has 0 unspecified atom stereocenters. The molecule has 0 aliphatic heterocycles. The highest BCUT2D eigenvalue weighted by molar-refractivity contribution is 9.10. The fourth-order valence-corrected chi connectivity index (χ4v) is 1.99. The van der Waals surface area contributed by atoms with E-state index in [4.69, 9.17) is 5.84 Å². The van der Waals surface area contributed by atoms with Crippen LogP contribution >= 0.6 is 15.9 Å². The Morgan fingerprint density at radius 3 is 2.47 bits per heavy atom. The van der Waals surface area contributed by atoms with Crippen LogP contribution < -0.4 is 11.3 Å². The maximum Gasteiger partial charge on any atom is 0.159 e.